The number of rotatable bonds is 6. The summed E-state index contributed by atoms with van der Waals surface area (Å²) in [7, 11) is 0. The summed E-state index contributed by atoms with van der Waals surface area (Å²) >= 11 is 3.40. The van der Waals surface area contributed by atoms with Crippen molar-refractivity contribution >= 4 is 27.5 Å². The van der Waals surface area contributed by atoms with E-state index in [-0.39, 0.29) is 17.5 Å². The number of anilines is 1. The van der Waals surface area contributed by atoms with E-state index in [2.05, 4.69) is 80.7 Å². The summed E-state index contributed by atoms with van der Waals surface area (Å²) in [5.74, 6) is -0.238. The van der Waals surface area contributed by atoms with Crippen LogP contribution < -0.4 is 5.32 Å². The molecule has 1 fully saturated rings. The number of nitriles is 1. The quantitative estimate of drug-likeness (QED) is 0.373. The van der Waals surface area contributed by atoms with E-state index < -0.39 is 0 Å². The molecule has 0 saturated carbocycles. The molecule has 1 N–H and O–H groups in total. The molecule has 166 valence electrons. The van der Waals surface area contributed by atoms with E-state index in [1.807, 2.05) is 36.4 Å². The summed E-state index contributed by atoms with van der Waals surface area (Å²) in [5, 5.41) is 12.6. The molecular formula is C27H25BrN4O. The van der Waals surface area contributed by atoms with Crippen molar-refractivity contribution in [1.82, 2.24) is 9.80 Å². The molecule has 3 aromatic carbocycles. The average Bonchev–Trinajstić information content (AvgIpc) is 2.87. The number of hydrogen-bond acceptors (Lipinski definition) is 4. The first-order valence-electron chi connectivity index (χ1n) is 10.9. The minimum absolute atomic E-state index is 0.106. The van der Waals surface area contributed by atoms with Gasteiger partial charge in [0.05, 0.1) is 6.04 Å². The average molecular weight is 501 g/mol. The van der Waals surface area contributed by atoms with Crippen molar-refractivity contribution in [3.05, 3.63) is 112 Å². The van der Waals surface area contributed by atoms with E-state index in [4.69, 9.17) is 0 Å². The number of nitrogens with one attached hydrogen (secondary N) is 1. The molecule has 1 heterocycles. The van der Waals surface area contributed by atoms with Crippen molar-refractivity contribution in [3.8, 4) is 6.07 Å². The number of carbonyl (C=O) groups is 1. The van der Waals surface area contributed by atoms with Crippen LogP contribution >= 0.6 is 15.9 Å². The summed E-state index contributed by atoms with van der Waals surface area (Å²) in [6.07, 6.45) is 1.49. The highest BCUT2D eigenvalue weighted by Crippen LogP contribution is 2.29. The summed E-state index contributed by atoms with van der Waals surface area (Å²) in [4.78, 5) is 17.2. The van der Waals surface area contributed by atoms with Crippen molar-refractivity contribution in [1.29, 1.82) is 5.26 Å². The Morgan fingerprint density at radius 3 is 1.94 bits per heavy atom. The van der Waals surface area contributed by atoms with Gasteiger partial charge in [-0.3, -0.25) is 9.69 Å². The lowest BCUT2D eigenvalue weighted by molar-refractivity contribution is -0.128. The van der Waals surface area contributed by atoms with Gasteiger partial charge in [-0.05, 0) is 35.4 Å². The highest BCUT2D eigenvalue weighted by molar-refractivity contribution is 9.10. The van der Waals surface area contributed by atoms with Gasteiger partial charge in [-0.15, -0.1) is 0 Å². The standard InChI is InChI=1S/C27H25BrN4O/c28-24-11-13-25(14-12-24)30-20-23(19-29)27(33)32-17-15-31(16-18-32)26(21-7-3-1-4-8-21)22-9-5-2-6-10-22/h1-14,20,26,30H,15-18H2/b23-20-. The number of benzene rings is 3. The Balaban J connectivity index is 1.44. The topological polar surface area (TPSA) is 59.4 Å². The van der Waals surface area contributed by atoms with Crippen LogP contribution in [0.5, 0.6) is 0 Å². The van der Waals surface area contributed by atoms with Crippen LogP contribution in [0, 0.1) is 11.3 Å². The van der Waals surface area contributed by atoms with E-state index >= 15 is 0 Å². The molecule has 0 bridgehead atoms. The van der Waals surface area contributed by atoms with Gasteiger partial charge in [0.15, 0.2) is 0 Å². The molecule has 3 aromatic rings. The second-order valence-electron chi connectivity index (χ2n) is 7.87. The third-order valence-corrected chi connectivity index (χ3v) is 6.30. The third kappa shape index (κ3) is 5.70. The molecule has 0 atom stereocenters. The lowest BCUT2D eigenvalue weighted by atomic mass is 9.96. The molecule has 1 aliphatic heterocycles. The van der Waals surface area contributed by atoms with Crippen molar-refractivity contribution in [3.63, 3.8) is 0 Å². The van der Waals surface area contributed by atoms with Crippen LogP contribution in [0.25, 0.3) is 0 Å². The first-order valence-corrected chi connectivity index (χ1v) is 11.7. The summed E-state index contributed by atoms with van der Waals surface area (Å²) in [5.41, 5.74) is 3.39. The molecule has 1 aliphatic rings. The van der Waals surface area contributed by atoms with Gasteiger partial charge in [-0.2, -0.15) is 5.26 Å². The van der Waals surface area contributed by atoms with Gasteiger partial charge in [-0.25, -0.2) is 0 Å². The van der Waals surface area contributed by atoms with E-state index in [1.54, 1.807) is 4.90 Å². The Morgan fingerprint density at radius 2 is 1.42 bits per heavy atom. The normalized spacial score (nSPS) is 14.7. The second-order valence-corrected chi connectivity index (χ2v) is 8.79. The van der Waals surface area contributed by atoms with E-state index in [0.717, 1.165) is 23.2 Å². The summed E-state index contributed by atoms with van der Waals surface area (Å²) in [6, 6.07) is 30.7. The zero-order chi connectivity index (χ0) is 23.0. The second kappa shape index (κ2) is 11.0. The van der Waals surface area contributed by atoms with Gasteiger partial charge in [0.25, 0.3) is 5.91 Å². The van der Waals surface area contributed by atoms with Crippen molar-refractivity contribution in [2.75, 3.05) is 31.5 Å². The van der Waals surface area contributed by atoms with E-state index in [0.29, 0.717) is 13.1 Å². The van der Waals surface area contributed by atoms with Crippen LogP contribution in [0.1, 0.15) is 17.2 Å². The first kappa shape index (κ1) is 22.8. The third-order valence-electron chi connectivity index (χ3n) is 5.78. The Morgan fingerprint density at radius 1 is 0.879 bits per heavy atom. The minimum Gasteiger partial charge on any atom is -0.360 e. The highest BCUT2D eigenvalue weighted by Gasteiger charge is 2.29. The fraction of sp³-hybridized carbons (Fsp3) is 0.185. The Labute approximate surface area is 203 Å². The number of amides is 1. The molecule has 4 rings (SSSR count). The lowest BCUT2D eigenvalue weighted by Gasteiger charge is -2.39. The highest BCUT2D eigenvalue weighted by atomic mass is 79.9. The first-order chi connectivity index (χ1) is 16.2. The zero-order valence-corrected chi connectivity index (χ0v) is 19.8. The van der Waals surface area contributed by atoms with Crippen molar-refractivity contribution in [2.24, 2.45) is 0 Å². The number of halogens is 1. The van der Waals surface area contributed by atoms with Gasteiger partial charge in [-0.1, -0.05) is 76.6 Å². The van der Waals surface area contributed by atoms with Crippen LogP contribution in [0.4, 0.5) is 5.69 Å². The van der Waals surface area contributed by atoms with E-state index in [9.17, 15) is 10.1 Å². The van der Waals surface area contributed by atoms with Crippen LogP contribution in [-0.2, 0) is 4.79 Å². The van der Waals surface area contributed by atoms with Gasteiger partial charge < -0.3 is 10.2 Å². The monoisotopic (exact) mass is 500 g/mol. The molecule has 0 aliphatic carbocycles. The summed E-state index contributed by atoms with van der Waals surface area (Å²) < 4.78 is 0.968. The Kier molecular flexibility index (Phi) is 7.56. The van der Waals surface area contributed by atoms with Gasteiger partial charge in [0.1, 0.15) is 11.6 Å². The number of hydrogen-bond donors (Lipinski definition) is 1. The maximum absolute atomic E-state index is 13.0. The fourth-order valence-electron chi connectivity index (χ4n) is 4.08. The molecule has 0 radical (unpaired) electrons. The molecule has 0 spiro atoms. The number of piperazine rings is 1. The fourth-order valence-corrected chi connectivity index (χ4v) is 4.35. The van der Waals surface area contributed by atoms with Crippen LogP contribution in [0.15, 0.2) is 101 Å². The molecule has 6 heteroatoms. The number of nitrogens with zero attached hydrogens (tertiary/aromatic N) is 3. The van der Waals surface area contributed by atoms with Crippen LogP contribution in [0.3, 0.4) is 0 Å². The SMILES string of the molecule is N#C/C(=C/Nc1ccc(Br)cc1)C(=O)N1CCN(C(c2ccccc2)c2ccccc2)CC1. The van der Waals surface area contributed by atoms with Crippen molar-refractivity contribution in [2.45, 2.75) is 6.04 Å². The van der Waals surface area contributed by atoms with Gasteiger partial charge in [0.2, 0.25) is 0 Å². The lowest BCUT2D eigenvalue weighted by Crippen LogP contribution is -2.50. The minimum atomic E-state index is -0.238. The number of carbonyl (C=O) groups excluding carboxylic acids is 1. The Bertz CT molecular complexity index is 1090. The van der Waals surface area contributed by atoms with Gasteiger partial charge in [0, 0.05) is 42.5 Å². The van der Waals surface area contributed by atoms with Crippen LogP contribution in [-0.4, -0.2) is 41.9 Å². The van der Waals surface area contributed by atoms with Gasteiger partial charge >= 0.3 is 0 Å². The zero-order valence-electron chi connectivity index (χ0n) is 18.2. The predicted molar refractivity (Wildman–Crippen MR) is 134 cm³/mol. The maximum atomic E-state index is 13.0. The molecule has 1 saturated heterocycles. The maximum Gasteiger partial charge on any atom is 0.266 e. The molecular weight excluding hydrogens is 476 g/mol. The molecule has 5 nitrogen and oxygen atoms in total. The summed E-state index contributed by atoms with van der Waals surface area (Å²) in [6.45, 7) is 2.62. The largest absolute Gasteiger partial charge is 0.360 e. The molecule has 1 amide bonds. The Hall–Kier alpha value is -3.40. The van der Waals surface area contributed by atoms with Crippen molar-refractivity contribution < 1.29 is 4.79 Å². The molecule has 0 unspecified atom stereocenters. The molecule has 0 aromatic heterocycles. The molecule has 33 heavy (non-hydrogen) atoms. The predicted octanol–water partition coefficient (Wildman–Crippen LogP) is 5.20. The van der Waals surface area contributed by atoms with E-state index in [1.165, 1.54) is 17.3 Å². The smallest absolute Gasteiger partial charge is 0.266 e. The van der Waals surface area contributed by atoms with Crippen LogP contribution in [0.2, 0.25) is 0 Å².